The van der Waals surface area contributed by atoms with Crippen molar-refractivity contribution in [2.45, 2.75) is 46.1 Å². The molecule has 154 valence electrons. The zero-order valence-electron chi connectivity index (χ0n) is 17.6. The Kier molecular flexibility index (Phi) is 7.32. The molecule has 0 bridgehead atoms. The average Bonchev–Trinajstić information content (AvgIpc) is 2.70. The van der Waals surface area contributed by atoms with Gasteiger partial charge in [0.05, 0.1) is 11.8 Å². The van der Waals surface area contributed by atoms with E-state index in [1.54, 1.807) is 71.0 Å². The third-order valence-corrected chi connectivity index (χ3v) is 4.32. The van der Waals surface area contributed by atoms with E-state index < -0.39 is 29.4 Å². The number of benzene rings is 2. The normalized spacial score (nSPS) is 13.3. The van der Waals surface area contributed by atoms with Crippen LogP contribution in [0.3, 0.4) is 0 Å². The summed E-state index contributed by atoms with van der Waals surface area (Å²) >= 11 is 0. The highest BCUT2D eigenvalue weighted by Gasteiger charge is 2.25. The fraction of sp³-hybridized carbons (Fsp3) is 0.375. The van der Waals surface area contributed by atoms with Gasteiger partial charge in [0.25, 0.3) is 0 Å². The Hall–Kier alpha value is -2.95. The Balaban J connectivity index is 2.01. The molecule has 0 saturated carbocycles. The van der Waals surface area contributed by atoms with Crippen LogP contribution in [0.2, 0.25) is 0 Å². The summed E-state index contributed by atoms with van der Waals surface area (Å²) < 4.78 is 10.6. The summed E-state index contributed by atoms with van der Waals surface area (Å²) in [4.78, 5) is 37.1. The van der Waals surface area contributed by atoms with Gasteiger partial charge in [-0.15, -0.1) is 0 Å². The number of ether oxygens (including phenoxy) is 2. The van der Waals surface area contributed by atoms with Crippen LogP contribution in [-0.2, 0) is 19.1 Å². The topological polar surface area (TPSA) is 69.7 Å². The second-order valence-electron chi connectivity index (χ2n) is 8.11. The lowest BCUT2D eigenvalue weighted by atomic mass is 9.96. The number of esters is 2. The van der Waals surface area contributed by atoms with Gasteiger partial charge in [-0.05, 0) is 46.2 Å². The maximum Gasteiger partial charge on any atom is 0.313 e. The van der Waals surface area contributed by atoms with Crippen molar-refractivity contribution in [3.8, 4) is 0 Å². The molecule has 2 aromatic rings. The number of carbonyl (C=O) groups is 3. The van der Waals surface area contributed by atoms with Crippen LogP contribution >= 0.6 is 0 Å². The Bertz CT molecular complexity index is 864. The Morgan fingerprint density at radius 1 is 0.862 bits per heavy atom. The molecule has 0 aliphatic heterocycles. The number of ketones is 1. The van der Waals surface area contributed by atoms with Crippen molar-refractivity contribution in [3.63, 3.8) is 0 Å². The molecule has 5 nitrogen and oxygen atoms in total. The molecule has 0 radical (unpaired) electrons. The first-order chi connectivity index (χ1) is 13.6. The fourth-order valence-electron chi connectivity index (χ4n) is 2.64. The van der Waals surface area contributed by atoms with Gasteiger partial charge in [0, 0.05) is 11.1 Å². The van der Waals surface area contributed by atoms with Crippen molar-refractivity contribution >= 4 is 17.7 Å². The number of carbonyl (C=O) groups excluding carboxylic acids is 3. The van der Waals surface area contributed by atoms with Gasteiger partial charge in [-0.2, -0.15) is 0 Å². The van der Waals surface area contributed by atoms with E-state index in [1.165, 1.54) is 0 Å². The summed E-state index contributed by atoms with van der Waals surface area (Å²) in [5, 5.41) is 0. The molecule has 29 heavy (non-hydrogen) atoms. The van der Waals surface area contributed by atoms with Crippen molar-refractivity contribution in [1.29, 1.82) is 0 Å². The quantitative estimate of drug-likeness (QED) is 0.507. The first kappa shape index (κ1) is 22.3. The van der Waals surface area contributed by atoms with Crippen LogP contribution in [0.25, 0.3) is 0 Å². The van der Waals surface area contributed by atoms with Gasteiger partial charge < -0.3 is 9.47 Å². The highest BCUT2D eigenvalue weighted by atomic mass is 16.6. The molecule has 0 unspecified atom stereocenters. The van der Waals surface area contributed by atoms with Crippen LogP contribution in [0.4, 0.5) is 0 Å². The van der Waals surface area contributed by atoms with Crippen molar-refractivity contribution in [1.82, 2.24) is 0 Å². The van der Waals surface area contributed by atoms with Crippen LogP contribution in [-0.4, -0.2) is 29.9 Å². The van der Waals surface area contributed by atoms with Crippen LogP contribution in [0, 0.1) is 5.92 Å². The molecular weight excluding hydrogens is 368 g/mol. The maximum atomic E-state index is 12.6. The third-order valence-electron chi connectivity index (χ3n) is 4.32. The lowest BCUT2D eigenvalue weighted by Gasteiger charge is -2.22. The largest absolute Gasteiger partial charge is 0.464 e. The molecule has 0 aliphatic rings. The second kappa shape index (κ2) is 9.50. The monoisotopic (exact) mass is 396 g/mol. The van der Waals surface area contributed by atoms with Gasteiger partial charge >= 0.3 is 11.9 Å². The summed E-state index contributed by atoms with van der Waals surface area (Å²) in [6.45, 7) is 8.68. The zero-order valence-corrected chi connectivity index (χ0v) is 17.6. The molecule has 0 heterocycles. The Morgan fingerprint density at radius 3 is 2.10 bits per heavy atom. The van der Waals surface area contributed by atoms with Gasteiger partial charge in [0.2, 0.25) is 0 Å². The predicted molar refractivity (Wildman–Crippen MR) is 111 cm³/mol. The van der Waals surface area contributed by atoms with E-state index >= 15 is 0 Å². The summed E-state index contributed by atoms with van der Waals surface area (Å²) in [6, 6.07) is 15.9. The summed E-state index contributed by atoms with van der Waals surface area (Å²) in [6.07, 6.45) is 0. The molecule has 0 spiro atoms. The molecule has 0 fully saturated rings. The molecule has 0 aliphatic carbocycles. The Morgan fingerprint density at radius 2 is 1.48 bits per heavy atom. The lowest BCUT2D eigenvalue weighted by molar-refractivity contribution is -0.163. The van der Waals surface area contributed by atoms with Crippen LogP contribution < -0.4 is 0 Å². The van der Waals surface area contributed by atoms with E-state index in [9.17, 15) is 14.4 Å². The smallest absolute Gasteiger partial charge is 0.313 e. The minimum absolute atomic E-state index is 0.0548. The molecule has 2 aromatic carbocycles. The number of hydrogen-bond acceptors (Lipinski definition) is 5. The molecular formula is C24H28O5. The van der Waals surface area contributed by atoms with E-state index in [1.807, 2.05) is 18.2 Å². The van der Waals surface area contributed by atoms with E-state index in [4.69, 9.17) is 9.47 Å². The van der Waals surface area contributed by atoms with E-state index in [0.717, 1.165) is 0 Å². The lowest BCUT2D eigenvalue weighted by Crippen LogP contribution is -2.30. The molecule has 0 amide bonds. The van der Waals surface area contributed by atoms with Gasteiger partial charge in [-0.3, -0.25) is 14.4 Å². The van der Waals surface area contributed by atoms with Crippen LogP contribution in [0.1, 0.15) is 62.0 Å². The highest BCUT2D eigenvalue weighted by Crippen LogP contribution is 2.21. The molecule has 5 heteroatoms. The van der Waals surface area contributed by atoms with Gasteiger partial charge in [-0.25, -0.2) is 0 Å². The summed E-state index contributed by atoms with van der Waals surface area (Å²) in [5.41, 5.74) is 1.19. The first-order valence-corrected chi connectivity index (χ1v) is 9.67. The highest BCUT2D eigenvalue weighted by molar-refractivity contribution is 6.09. The first-order valence-electron chi connectivity index (χ1n) is 9.67. The van der Waals surface area contributed by atoms with Crippen molar-refractivity contribution in [2.75, 3.05) is 6.61 Å². The average molecular weight is 396 g/mol. The number of hydrogen-bond donors (Lipinski definition) is 0. The van der Waals surface area contributed by atoms with Gasteiger partial charge in [0.15, 0.2) is 5.78 Å². The zero-order chi connectivity index (χ0) is 21.6. The van der Waals surface area contributed by atoms with Gasteiger partial charge in [0.1, 0.15) is 12.2 Å². The fourth-order valence-corrected chi connectivity index (χ4v) is 2.64. The van der Waals surface area contributed by atoms with Gasteiger partial charge in [-0.1, -0.05) is 48.5 Å². The molecule has 2 atom stereocenters. The molecule has 0 aromatic heterocycles. The maximum absolute atomic E-state index is 12.6. The third kappa shape index (κ3) is 6.56. The summed E-state index contributed by atoms with van der Waals surface area (Å²) in [5.74, 6) is -2.09. The van der Waals surface area contributed by atoms with Crippen molar-refractivity contribution < 1.29 is 23.9 Å². The van der Waals surface area contributed by atoms with E-state index in [2.05, 4.69) is 0 Å². The molecule has 0 saturated heterocycles. The predicted octanol–water partition coefficient (Wildman–Crippen LogP) is 4.54. The van der Waals surface area contributed by atoms with Crippen LogP contribution in [0.5, 0.6) is 0 Å². The number of rotatable bonds is 7. The second-order valence-corrected chi connectivity index (χ2v) is 8.11. The Labute approximate surface area is 172 Å². The van der Waals surface area contributed by atoms with Crippen molar-refractivity contribution in [2.24, 2.45) is 5.92 Å². The SMILES string of the molecule is C[C@H](C(=O)OC[C@H](C)C(=O)OC(C)(C)C)c1cccc(C(=O)c2ccccc2)c1. The standard InChI is InChI=1S/C24H28O5/c1-16(22(26)29-24(3,4)5)15-28-23(27)17(2)19-12-9-13-20(14-19)21(25)18-10-7-6-8-11-18/h6-14,16-17H,15H2,1-5H3/t16-,17-/m0/s1. The molecule has 0 N–H and O–H groups in total. The molecule has 2 rings (SSSR count). The van der Waals surface area contributed by atoms with E-state index in [-0.39, 0.29) is 12.4 Å². The minimum atomic E-state index is -0.589. The van der Waals surface area contributed by atoms with Crippen LogP contribution in [0.15, 0.2) is 54.6 Å². The summed E-state index contributed by atoms with van der Waals surface area (Å²) in [7, 11) is 0. The van der Waals surface area contributed by atoms with E-state index in [0.29, 0.717) is 16.7 Å². The minimum Gasteiger partial charge on any atom is -0.464 e. The van der Waals surface area contributed by atoms with Crippen molar-refractivity contribution in [3.05, 3.63) is 71.3 Å².